The minimum Gasteiger partial charge on any atom is -0.279 e. The Bertz CT molecular complexity index is 596. The summed E-state index contributed by atoms with van der Waals surface area (Å²) in [6, 6.07) is 5.20. The fourth-order valence-corrected chi connectivity index (χ4v) is 3.25. The zero-order valence-electron chi connectivity index (χ0n) is 9.73. The number of thioether (sulfide) groups is 2. The predicted molar refractivity (Wildman–Crippen MR) is 87.1 cm³/mol. The Labute approximate surface area is 130 Å². The molecule has 0 saturated heterocycles. The molecule has 0 bridgehead atoms. The number of rotatable bonds is 3. The average Bonchev–Trinajstić information content (AvgIpc) is 2.72. The highest BCUT2D eigenvalue weighted by atomic mass is 35.5. The largest absolute Gasteiger partial charge is 0.279 e. The fraction of sp³-hybridized carbons (Fsp3) is 0.0769. The van der Waals surface area contributed by atoms with Crippen molar-refractivity contribution < 1.29 is 4.79 Å². The number of nitrogens with zero attached hydrogens (tertiary/aromatic N) is 1. The van der Waals surface area contributed by atoms with Crippen molar-refractivity contribution in [3.8, 4) is 0 Å². The van der Waals surface area contributed by atoms with Crippen molar-refractivity contribution in [3.63, 3.8) is 0 Å². The number of benzene rings is 1. The summed E-state index contributed by atoms with van der Waals surface area (Å²) in [4.78, 5) is 16.1. The second-order valence-corrected chi connectivity index (χ2v) is 6.61. The normalized spacial score (nSPS) is 16.8. The van der Waals surface area contributed by atoms with Gasteiger partial charge in [-0.1, -0.05) is 47.1 Å². The second kappa shape index (κ2) is 6.66. The second-order valence-electron chi connectivity index (χ2n) is 3.57. The van der Waals surface area contributed by atoms with Crippen LogP contribution in [0.25, 0.3) is 6.08 Å². The van der Waals surface area contributed by atoms with E-state index in [-0.39, 0.29) is 5.12 Å². The molecule has 1 heterocycles. The Morgan fingerprint density at radius 3 is 2.84 bits per heavy atom. The molecule has 98 valence electrons. The summed E-state index contributed by atoms with van der Waals surface area (Å²) < 4.78 is 0.746. The quantitative estimate of drug-likeness (QED) is 0.584. The van der Waals surface area contributed by atoms with Gasteiger partial charge in [0.05, 0.1) is 10.0 Å². The first-order valence-electron chi connectivity index (χ1n) is 5.31. The molecule has 0 N–H and O–H groups in total. The van der Waals surface area contributed by atoms with E-state index in [1.807, 2.05) is 0 Å². The van der Waals surface area contributed by atoms with Crippen LogP contribution in [0.5, 0.6) is 0 Å². The minimum atomic E-state index is -0.0577. The molecule has 0 radical (unpaired) electrons. The van der Waals surface area contributed by atoms with Crippen LogP contribution in [0.2, 0.25) is 10.0 Å². The van der Waals surface area contributed by atoms with Gasteiger partial charge in [-0.15, -0.1) is 6.58 Å². The highest BCUT2D eigenvalue weighted by Gasteiger charge is 2.22. The van der Waals surface area contributed by atoms with Crippen molar-refractivity contribution in [3.05, 3.63) is 52.2 Å². The smallest absolute Gasteiger partial charge is 0.244 e. The van der Waals surface area contributed by atoms with Gasteiger partial charge in [0, 0.05) is 5.75 Å². The van der Waals surface area contributed by atoms with Crippen LogP contribution >= 0.6 is 46.7 Å². The third kappa shape index (κ3) is 3.89. The van der Waals surface area contributed by atoms with Crippen molar-refractivity contribution in [2.45, 2.75) is 0 Å². The van der Waals surface area contributed by atoms with Gasteiger partial charge in [-0.25, -0.2) is 4.99 Å². The van der Waals surface area contributed by atoms with E-state index in [0.29, 0.717) is 15.7 Å². The molecule has 0 spiro atoms. The summed E-state index contributed by atoms with van der Waals surface area (Å²) in [5, 5.41) is 0.888. The molecule has 2 rings (SSSR count). The predicted octanol–water partition coefficient (Wildman–Crippen LogP) is 4.88. The summed E-state index contributed by atoms with van der Waals surface area (Å²) in [5.74, 6) is 0.735. The first-order valence-corrected chi connectivity index (χ1v) is 7.87. The van der Waals surface area contributed by atoms with Crippen molar-refractivity contribution in [1.82, 2.24) is 0 Å². The highest BCUT2D eigenvalue weighted by molar-refractivity contribution is 8.45. The molecule has 0 aromatic heterocycles. The maximum absolute atomic E-state index is 11.8. The molecule has 0 amide bonds. The summed E-state index contributed by atoms with van der Waals surface area (Å²) >= 11 is 14.4. The molecule has 19 heavy (non-hydrogen) atoms. The van der Waals surface area contributed by atoms with Crippen LogP contribution in [0.15, 0.2) is 41.5 Å². The highest BCUT2D eigenvalue weighted by Crippen LogP contribution is 2.31. The number of halogens is 2. The lowest BCUT2D eigenvalue weighted by atomic mass is 10.2. The lowest BCUT2D eigenvalue weighted by molar-refractivity contribution is -0.107. The minimum absolute atomic E-state index is 0.0577. The Hall–Kier alpha value is -0.680. The van der Waals surface area contributed by atoms with E-state index in [1.54, 1.807) is 30.4 Å². The molecule has 1 aromatic carbocycles. The van der Waals surface area contributed by atoms with Crippen LogP contribution in [0.1, 0.15) is 5.56 Å². The van der Waals surface area contributed by atoms with E-state index >= 15 is 0 Å². The van der Waals surface area contributed by atoms with Gasteiger partial charge in [-0.3, -0.25) is 4.79 Å². The standard InChI is InChI=1S/C13H9Cl2NOS2/c1-2-5-18-13-16-11(12(17)19-13)7-8-3-4-9(14)10(15)6-8/h2-4,6-7H,1,5H2/b11-7+. The molecule has 1 aliphatic heterocycles. The molecule has 0 unspecified atom stereocenters. The van der Waals surface area contributed by atoms with Crippen LogP contribution in [0.3, 0.4) is 0 Å². The van der Waals surface area contributed by atoms with Crippen molar-refractivity contribution in [2.75, 3.05) is 5.75 Å². The Balaban J connectivity index is 2.22. The lowest BCUT2D eigenvalue weighted by Gasteiger charge is -1.98. The molecule has 1 aliphatic rings. The molecule has 0 saturated carbocycles. The van der Waals surface area contributed by atoms with Crippen LogP contribution in [0.4, 0.5) is 0 Å². The number of hydrogen-bond acceptors (Lipinski definition) is 4. The molecular formula is C13H9Cl2NOS2. The third-order valence-corrected chi connectivity index (χ3v) is 4.92. The molecule has 6 heteroatoms. The summed E-state index contributed by atoms with van der Waals surface area (Å²) in [6.45, 7) is 3.63. The molecule has 1 aromatic rings. The number of carbonyl (C=O) groups is 1. The van der Waals surface area contributed by atoms with Gasteiger partial charge in [0.1, 0.15) is 10.1 Å². The number of hydrogen-bond donors (Lipinski definition) is 0. The van der Waals surface area contributed by atoms with Crippen molar-refractivity contribution in [2.24, 2.45) is 4.99 Å². The van der Waals surface area contributed by atoms with Gasteiger partial charge in [0.25, 0.3) is 0 Å². The number of carbonyl (C=O) groups excluding carboxylic acids is 1. The first-order chi connectivity index (χ1) is 9.10. The Morgan fingerprint density at radius 1 is 1.37 bits per heavy atom. The Kier molecular flexibility index (Phi) is 5.16. The van der Waals surface area contributed by atoms with E-state index in [2.05, 4.69) is 11.6 Å². The van der Waals surface area contributed by atoms with E-state index < -0.39 is 0 Å². The maximum Gasteiger partial charge on any atom is 0.244 e. The summed E-state index contributed by atoms with van der Waals surface area (Å²) in [7, 11) is 0. The zero-order chi connectivity index (χ0) is 13.8. The van der Waals surface area contributed by atoms with Crippen LogP contribution in [0, 0.1) is 0 Å². The van der Waals surface area contributed by atoms with Crippen molar-refractivity contribution >= 4 is 62.3 Å². The molecular weight excluding hydrogens is 321 g/mol. The summed E-state index contributed by atoms with van der Waals surface area (Å²) in [5.41, 5.74) is 1.23. The van der Waals surface area contributed by atoms with Gasteiger partial charge >= 0.3 is 0 Å². The molecule has 0 fully saturated rings. The van der Waals surface area contributed by atoms with E-state index in [4.69, 9.17) is 23.2 Å². The molecule has 0 aliphatic carbocycles. The van der Waals surface area contributed by atoms with Crippen LogP contribution in [-0.4, -0.2) is 15.2 Å². The van der Waals surface area contributed by atoms with E-state index in [1.165, 1.54) is 11.8 Å². The molecule has 2 nitrogen and oxygen atoms in total. The third-order valence-electron chi connectivity index (χ3n) is 2.17. The SMILES string of the molecule is C=CCSC1=N/C(=C/c2ccc(Cl)c(Cl)c2)C(=O)S1. The first kappa shape index (κ1) is 14.7. The topological polar surface area (TPSA) is 29.4 Å². The van der Waals surface area contributed by atoms with E-state index in [9.17, 15) is 4.79 Å². The average molecular weight is 330 g/mol. The Morgan fingerprint density at radius 2 is 2.16 bits per heavy atom. The van der Waals surface area contributed by atoms with Crippen LogP contribution in [-0.2, 0) is 4.79 Å². The van der Waals surface area contributed by atoms with Crippen LogP contribution < -0.4 is 0 Å². The lowest BCUT2D eigenvalue weighted by Crippen LogP contribution is -1.88. The molecule has 0 atom stereocenters. The van der Waals surface area contributed by atoms with Gasteiger partial charge in [0.15, 0.2) is 0 Å². The fourth-order valence-electron chi connectivity index (χ4n) is 1.34. The number of aliphatic imine (C=N–C) groups is 1. The maximum atomic E-state index is 11.8. The monoisotopic (exact) mass is 329 g/mol. The zero-order valence-corrected chi connectivity index (χ0v) is 12.9. The summed E-state index contributed by atoms with van der Waals surface area (Å²) in [6.07, 6.45) is 3.48. The van der Waals surface area contributed by atoms with Crippen molar-refractivity contribution in [1.29, 1.82) is 0 Å². The van der Waals surface area contributed by atoms with Gasteiger partial charge in [-0.2, -0.15) is 0 Å². The van der Waals surface area contributed by atoms with Gasteiger partial charge in [-0.05, 0) is 35.5 Å². The van der Waals surface area contributed by atoms with Gasteiger partial charge in [0.2, 0.25) is 5.12 Å². The van der Waals surface area contributed by atoms with Gasteiger partial charge < -0.3 is 0 Å². The van der Waals surface area contributed by atoms with E-state index in [0.717, 1.165) is 27.5 Å².